The first-order chi connectivity index (χ1) is 7.24. The van der Waals surface area contributed by atoms with Crippen molar-refractivity contribution in [2.45, 2.75) is 51.6 Å². The van der Waals surface area contributed by atoms with Crippen molar-refractivity contribution in [1.82, 2.24) is 9.78 Å². The van der Waals surface area contributed by atoms with Gasteiger partial charge in [0.2, 0.25) is 0 Å². The molecule has 0 aliphatic rings. The first-order valence-electron chi connectivity index (χ1n) is 5.90. The van der Waals surface area contributed by atoms with Crippen LogP contribution in [0.5, 0.6) is 0 Å². The predicted octanol–water partition coefficient (Wildman–Crippen LogP) is 2.81. The zero-order valence-corrected chi connectivity index (χ0v) is 9.82. The Hall–Kier alpha value is -0.830. The number of unbranched alkanes of at least 4 members (excludes halogenated alkanes) is 4. The Bertz CT molecular complexity index is 270. The third-order valence-corrected chi connectivity index (χ3v) is 2.69. The number of aliphatic hydroxyl groups is 1. The van der Waals surface area contributed by atoms with Crippen molar-refractivity contribution in [2.75, 3.05) is 0 Å². The summed E-state index contributed by atoms with van der Waals surface area (Å²) < 4.78 is 1.73. The quantitative estimate of drug-likeness (QED) is 0.703. The number of aliphatic hydroxyl groups excluding tert-OH is 1. The van der Waals surface area contributed by atoms with Crippen molar-refractivity contribution < 1.29 is 5.11 Å². The van der Waals surface area contributed by atoms with Crippen LogP contribution in [0.1, 0.15) is 57.1 Å². The van der Waals surface area contributed by atoms with Crippen LogP contribution in [0.25, 0.3) is 0 Å². The zero-order valence-electron chi connectivity index (χ0n) is 9.82. The van der Waals surface area contributed by atoms with Gasteiger partial charge in [-0.05, 0) is 6.42 Å². The Balaban J connectivity index is 2.16. The summed E-state index contributed by atoms with van der Waals surface area (Å²) in [6.07, 6.45) is 10.4. The van der Waals surface area contributed by atoms with E-state index in [1.807, 2.05) is 13.2 Å². The second kappa shape index (κ2) is 6.62. The van der Waals surface area contributed by atoms with E-state index in [9.17, 15) is 5.11 Å². The average molecular weight is 210 g/mol. The second-order valence-electron chi connectivity index (χ2n) is 4.17. The summed E-state index contributed by atoms with van der Waals surface area (Å²) in [4.78, 5) is 0. The average Bonchev–Trinajstić information content (AvgIpc) is 2.64. The molecule has 0 saturated heterocycles. The molecule has 0 aromatic carbocycles. The highest BCUT2D eigenvalue weighted by molar-refractivity contribution is 5.07. The molecule has 3 nitrogen and oxygen atoms in total. The SMILES string of the molecule is CCCCCCCC(O)c1cnn(C)c1. The van der Waals surface area contributed by atoms with E-state index in [0.717, 1.165) is 18.4 Å². The summed E-state index contributed by atoms with van der Waals surface area (Å²) in [5.41, 5.74) is 0.938. The Kier molecular flexibility index (Phi) is 5.40. The fourth-order valence-corrected chi connectivity index (χ4v) is 1.72. The van der Waals surface area contributed by atoms with Gasteiger partial charge in [-0.2, -0.15) is 5.10 Å². The maximum Gasteiger partial charge on any atom is 0.0820 e. The van der Waals surface area contributed by atoms with Crippen LogP contribution in [0.4, 0.5) is 0 Å². The van der Waals surface area contributed by atoms with E-state index in [2.05, 4.69) is 12.0 Å². The highest BCUT2D eigenvalue weighted by Gasteiger charge is 2.08. The Morgan fingerprint density at radius 3 is 2.67 bits per heavy atom. The van der Waals surface area contributed by atoms with Gasteiger partial charge in [0, 0.05) is 18.8 Å². The van der Waals surface area contributed by atoms with E-state index in [1.54, 1.807) is 10.9 Å². The highest BCUT2D eigenvalue weighted by Crippen LogP contribution is 2.19. The van der Waals surface area contributed by atoms with Crippen LogP contribution in [0.2, 0.25) is 0 Å². The lowest BCUT2D eigenvalue weighted by Gasteiger charge is -2.07. The summed E-state index contributed by atoms with van der Waals surface area (Å²) in [5, 5.41) is 13.9. The summed E-state index contributed by atoms with van der Waals surface area (Å²) in [6.45, 7) is 2.21. The topological polar surface area (TPSA) is 38.1 Å². The van der Waals surface area contributed by atoms with Crippen LogP contribution in [-0.4, -0.2) is 14.9 Å². The Morgan fingerprint density at radius 1 is 1.33 bits per heavy atom. The molecule has 1 N–H and O–H groups in total. The lowest BCUT2D eigenvalue weighted by molar-refractivity contribution is 0.163. The monoisotopic (exact) mass is 210 g/mol. The van der Waals surface area contributed by atoms with Gasteiger partial charge < -0.3 is 5.11 Å². The number of rotatable bonds is 7. The van der Waals surface area contributed by atoms with Crippen LogP contribution in [0.15, 0.2) is 12.4 Å². The van der Waals surface area contributed by atoms with E-state index in [0.29, 0.717) is 0 Å². The first kappa shape index (κ1) is 12.2. The van der Waals surface area contributed by atoms with E-state index in [4.69, 9.17) is 0 Å². The van der Waals surface area contributed by atoms with Gasteiger partial charge in [-0.15, -0.1) is 0 Å². The minimum Gasteiger partial charge on any atom is -0.388 e. The molecule has 0 aliphatic carbocycles. The van der Waals surface area contributed by atoms with Crippen LogP contribution >= 0.6 is 0 Å². The summed E-state index contributed by atoms with van der Waals surface area (Å²) in [6, 6.07) is 0. The summed E-state index contributed by atoms with van der Waals surface area (Å²) >= 11 is 0. The van der Waals surface area contributed by atoms with Crippen molar-refractivity contribution >= 4 is 0 Å². The Labute approximate surface area is 92.1 Å². The fraction of sp³-hybridized carbons (Fsp3) is 0.750. The molecule has 0 amide bonds. The van der Waals surface area contributed by atoms with Gasteiger partial charge in [-0.3, -0.25) is 4.68 Å². The van der Waals surface area contributed by atoms with Gasteiger partial charge in [0.1, 0.15) is 0 Å². The van der Waals surface area contributed by atoms with Gasteiger partial charge in [0.15, 0.2) is 0 Å². The van der Waals surface area contributed by atoms with Crippen molar-refractivity contribution in [3.8, 4) is 0 Å². The minimum absolute atomic E-state index is 0.333. The molecule has 0 bridgehead atoms. The molecule has 1 rings (SSSR count). The van der Waals surface area contributed by atoms with Crippen LogP contribution in [-0.2, 0) is 7.05 Å². The second-order valence-corrected chi connectivity index (χ2v) is 4.17. The molecule has 0 fully saturated rings. The molecule has 0 radical (unpaired) electrons. The number of hydrogen-bond donors (Lipinski definition) is 1. The van der Waals surface area contributed by atoms with E-state index in [-0.39, 0.29) is 6.10 Å². The molecule has 1 aromatic rings. The highest BCUT2D eigenvalue weighted by atomic mass is 16.3. The molecule has 0 aliphatic heterocycles. The number of hydrogen-bond acceptors (Lipinski definition) is 2. The normalized spacial score (nSPS) is 13.0. The Morgan fingerprint density at radius 2 is 2.07 bits per heavy atom. The van der Waals surface area contributed by atoms with Crippen molar-refractivity contribution in [2.24, 2.45) is 7.05 Å². The molecule has 1 unspecified atom stereocenters. The molecule has 86 valence electrons. The zero-order chi connectivity index (χ0) is 11.1. The maximum atomic E-state index is 9.84. The van der Waals surface area contributed by atoms with Crippen LogP contribution < -0.4 is 0 Å². The van der Waals surface area contributed by atoms with Crippen molar-refractivity contribution in [1.29, 1.82) is 0 Å². The number of aromatic nitrogens is 2. The number of aryl methyl sites for hydroxylation is 1. The number of nitrogens with zero attached hydrogens (tertiary/aromatic N) is 2. The molecule has 0 spiro atoms. The van der Waals surface area contributed by atoms with Crippen molar-refractivity contribution in [3.05, 3.63) is 18.0 Å². The maximum absolute atomic E-state index is 9.84. The largest absolute Gasteiger partial charge is 0.388 e. The minimum atomic E-state index is -0.333. The first-order valence-corrected chi connectivity index (χ1v) is 5.90. The molecule has 3 heteroatoms. The molecule has 1 atom stereocenters. The van der Waals surface area contributed by atoms with E-state index < -0.39 is 0 Å². The molecular weight excluding hydrogens is 188 g/mol. The smallest absolute Gasteiger partial charge is 0.0820 e. The lowest BCUT2D eigenvalue weighted by atomic mass is 10.0. The van der Waals surface area contributed by atoms with Gasteiger partial charge >= 0.3 is 0 Å². The van der Waals surface area contributed by atoms with Gasteiger partial charge in [-0.1, -0.05) is 39.0 Å². The van der Waals surface area contributed by atoms with Gasteiger partial charge in [0.25, 0.3) is 0 Å². The van der Waals surface area contributed by atoms with Gasteiger partial charge in [0.05, 0.1) is 12.3 Å². The lowest BCUT2D eigenvalue weighted by Crippen LogP contribution is -1.96. The fourth-order valence-electron chi connectivity index (χ4n) is 1.72. The van der Waals surface area contributed by atoms with E-state index in [1.165, 1.54) is 25.7 Å². The molecular formula is C12H22N2O. The molecule has 0 saturated carbocycles. The standard InChI is InChI=1S/C12H22N2O/c1-3-4-5-6-7-8-12(15)11-9-13-14(2)10-11/h9-10,12,15H,3-8H2,1-2H3. The summed E-state index contributed by atoms with van der Waals surface area (Å²) in [7, 11) is 1.87. The van der Waals surface area contributed by atoms with Crippen molar-refractivity contribution in [3.63, 3.8) is 0 Å². The predicted molar refractivity (Wildman–Crippen MR) is 61.5 cm³/mol. The molecule has 15 heavy (non-hydrogen) atoms. The van der Waals surface area contributed by atoms with Crippen LogP contribution in [0.3, 0.4) is 0 Å². The summed E-state index contributed by atoms with van der Waals surface area (Å²) in [5.74, 6) is 0. The molecule has 1 heterocycles. The van der Waals surface area contributed by atoms with E-state index >= 15 is 0 Å². The third kappa shape index (κ3) is 4.47. The third-order valence-electron chi connectivity index (χ3n) is 2.69. The molecule has 1 aromatic heterocycles. The van der Waals surface area contributed by atoms with Crippen LogP contribution in [0, 0.1) is 0 Å². The van der Waals surface area contributed by atoms with Gasteiger partial charge in [-0.25, -0.2) is 0 Å².